The van der Waals surface area contributed by atoms with Crippen molar-refractivity contribution >= 4 is 5.78 Å². The molecular weight excluding hydrogens is 204 g/mol. The van der Waals surface area contributed by atoms with E-state index in [0.717, 1.165) is 0 Å². The first kappa shape index (κ1) is 12.9. The van der Waals surface area contributed by atoms with Crippen molar-refractivity contribution in [2.45, 2.75) is 25.6 Å². The number of hydrogen-bond acceptors (Lipinski definition) is 3. The van der Waals surface area contributed by atoms with E-state index in [-0.39, 0.29) is 18.0 Å². The molecular formula is C13H18O3. The van der Waals surface area contributed by atoms with E-state index in [1.807, 2.05) is 37.3 Å². The van der Waals surface area contributed by atoms with E-state index in [2.05, 4.69) is 0 Å². The quantitative estimate of drug-likeness (QED) is 0.693. The second kappa shape index (κ2) is 6.40. The molecule has 0 heterocycles. The fourth-order valence-corrected chi connectivity index (χ4v) is 1.52. The summed E-state index contributed by atoms with van der Waals surface area (Å²) >= 11 is 0. The van der Waals surface area contributed by atoms with Crippen LogP contribution in [0.2, 0.25) is 0 Å². The summed E-state index contributed by atoms with van der Waals surface area (Å²) in [6.45, 7) is 1.90. The molecule has 2 unspecified atom stereocenters. The number of rotatable bonds is 6. The lowest BCUT2D eigenvalue weighted by Crippen LogP contribution is -2.29. The van der Waals surface area contributed by atoms with Crippen molar-refractivity contribution in [2.24, 2.45) is 0 Å². The molecule has 1 aromatic rings. The van der Waals surface area contributed by atoms with Crippen LogP contribution in [0.5, 0.6) is 0 Å². The monoisotopic (exact) mass is 222 g/mol. The maximum Gasteiger partial charge on any atom is 0.165 e. The Morgan fingerprint density at radius 1 is 1.19 bits per heavy atom. The lowest BCUT2D eigenvalue weighted by Gasteiger charge is -2.20. The minimum absolute atomic E-state index is 0.0800. The maximum absolute atomic E-state index is 11.9. The van der Waals surface area contributed by atoms with Gasteiger partial charge in [-0.05, 0) is 6.92 Å². The number of methoxy groups -OCH3 is 2. The van der Waals surface area contributed by atoms with E-state index < -0.39 is 0 Å². The molecule has 0 spiro atoms. The van der Waals surface area contributed by atoms with Crippen LogP contribution >= 0.6 is 0 Å². The topological polar surface area (TPSA) is 35.5 Å². The Labute approximate surface area is 96.4 Å². The summed E-state index contributed by atoms with van der Waals surface area (Å²) in [6.07, 6.45) is 0.0607. The van der Waals surface area contributed by atoms with Crippen molar-refractivity contribution < 1.29 is 14.3 Å². The molecule has 0 fully saturated rings. The average Bonchev–Trinajstić information content (AvgIpc) is 2.35. The summed E-state index contributed by atoms with van der Waals surface area (Å²) in [5.41, 5.74) is 0.716. The molecule has 1 aromatic carbocycles. The van der Waals surface area contributed by atoms with Crippen LogP contribution in [0, 0.1) is 0 Å². The second-order valence-electron chi connectivity index (χ2n) is 3.71. The number of carbonyl (C=O) groups excluding carboxylic acids is 1. The van der Waals surface area contributed by atoms with Gasteiger partial charge in [0, 0.05) is 26.2 Å². The molecule has 0 bridgehead atoms. The van der Waals surface area contributed by atoms with Crippen LogP contribution in [0.25, 0.3) is 0 Å². The SMILES string of the molecule is COC(C)C(CC(=O)c1ccccc1)OC. The molecule has 0 aromatic heterocycles. The molecule has 0 aliphatic carbocycles. The highest BCUT2D eigenvalue weighted by atomic mass is 16.5. The molecule has 88 valence electrons. The fraction of sp³-hybridized carbons (Fsp3) is 0.462. The second-order valence-corrected chi connectivity index (χ2v) is 3.71. The summed E-state index contributed by atoms with van der Waals surface area (Å²) in [6, 6.07) is 9.23. The van der Waals surface area contributed by atoms with Gasteiger partial charge < -0.3 is 9.47 Å². The third-order valence-corrected chi connectivity index (χ3v) is 2.68. The van der Waals surface area contributed by atoms with E-state index in [0.29, 0.717) is 12.0 Å². The van der Waals surface area contributed by atoms with Crippen LogP contribution in [-0.2, 0) is 9.47 Å². The van der Waals surface area contributed by atoms with Gasteiger partial charge >= 0.3 is 0 Å². The Morgan fingerprint density at radius 3 is 2.31 bits per heavy atom. The predicted molar refractivity (Wildman–Crippen MR) is 62.7 cm³/mol. The standard InChI is InChI=1S/C13H18O3/c1-10(15-2)13(16-3)9-12(14)11-7-5-4-6-8-11/h4-8,10,13H,9H2,1-3H3. The van der Waals surface area contributed by atoms with Gasteiger partial charge in [-0.1, -0.05) is 30.3 Å². The zero-order chi connectivity index (χ0) is 12.0. The van der Waals surface area contributed by atoms with Crippen molar-refractivity contribution in [3.63, 3.8) is 0 Å². The number of ether oxygens (including phenoxy) is 2. The van der Waals surface area contributed by atoms with Crippen LogP contribution in [0.3, 0.4) is 0 Å². The van der Waals surface area contributed by atoms with E-state index >= 15 is 0 Å². The lowest BCUT2D eigenvalue weighted by molar-refractivity contribution is -0.0265. The number of benzene rings is 1. The van der Waals surface area contributed by atoms with Gasteiger partial charge in [0.2, 0.25) is 0 Å². The number of carbonyl (C=O) groups is 1. The first-order valence-corrected chi connectivity index (χ1v) is 5.33. The Balaban J connectivity index is 2.63. The molecule has 0 aliphatic rings. The molecule has 1 rings (SSSR count). The minimum Gasteiger partial charge on any atom is -0.379 e. The molecule has 16 heavy (non-hydrogen) atoms. The molecule has 0 radical (unpaired) electrons. The van der Waals surface area contributed by atoms with Crippen LogP contribution in [0.1, 0.15) is 23.7 Å². The van der Waals surface area contributed by atoms with Crippen molar-refractivity contribution in [2.75, 3.05) is 14.2 Å². The Kier molecular flexibility index (Phi) is 5.15. The molecule has 0 saturated heterocycles. The molecule has 3 nitrogen and oxygen atoms in total. The van der Waals surface area contributed by atoms with Gasteiger partial charge in [0.15, 0.2) is 5.78 Å². The average molecular weight is 222 g/mol. The van der Waals surface area contributed by atoms with Gasteiger partial charge in [-0.2, -0.15) is 0 Å². The van der Waals surface area contributed by atoms with Gasteiger partial charge in [0.05, 0.1) is 12.2 Å². The largest absolute Gasteiger partial charge is 0.379 e. The van der Waals surface area contributed by atoms with Crippen molar-refractivity contribution in [3.05, 3.63) is 35.9 Å². The fourth-order valence-electron chi connectivity index (χ4n) is 1.52. The normalized spacial score (nSPS) is 14.4. The van der Waals surface area contributed by atoms with Crippen LogP contribution in [0.15, 0.2) is 30.3 Å². The molecule has 0 N–H and O–H groups in total. The van der Waals surface area contributed by atoms with Gasteiger partial charge in [-0.3, -0.25) is 4.79 Å². The summed E-state index contributed by atoms with van der Waals surface area (Å²) in [5, 5.41) is 0. The van der Waals surface area contributed by atoms with Crippen molar-refractivity contribution in [3.8, 4) is 0 Å². The minimum atomic E-state index is -0.197. The predicted octanol–water partition coefficient (Wildman–Crippen LogP) is 2.31. The molecule has 0 amide bonds. The summed E-state index contributed by atoms with van der Waals surface area (Å²) in [7, 11) is 3.21. The highest BCUT2D eigenvalue weighted by Crippen LogP contribution is 2.11. The van der Waals surface area contributed by atoms with Crippen LogP contribution < -0.4 is 0 Å². The molecule has 0 aliphatic heterocycles. The van der Waals surface area contributed by atoms with Crippen LogP contribution in [0.4, 0.5) is 0 Å². The number of hydrogen-bond donors (Lipinski definition) is 0. The van der Waals surface area contributed by atoms with Gasteiger partial charge in [0.1, 0.15) is 0 Å². The highest BCUT2D eigenvalue weighted by Gasteiger charge is 2.20. The Bertz CT molecular complexity index is 321. The molecule has 0 saturated carbocycles. The Morgan fingerprint density at radius 2 is 1.81 bits per heavy atom. The molecule has 3 heteroatoms. The lowest BCUT2D eigenvalue weighted by atomic mass is 10.0. The zero-order valence-electron chi connectivity index (χ0n) is 9.97. The van der Waals surface area contributed by atoms with E-state index in [1.54, 1.807) is 14.2 Å². The summed E-state index contributed by atoms with van der Waals surface area (Å²) in [4.78, 5) is 11.9. The summed E-state index contributed by atoms with van der Waals surface area (Å²) in [5.74, 6) is 0.0800. The third kappa shape index (κ3) is 3.43. The Hall–Kier alpha value is -1.19. The first-order valence-electron chi connectivity index (χ1n) is 5.33. The van der Waals surface area contributed by atoms with Gasteiger partial charge in [-0.25, -0.2) is 0 Å². The maximum atomic E-state index is 11.9. The first-order chi connectivity index (χ1) is 7.69. The zero-order valence-corrected chi connectivity index (χ0v) is 9.97. The highest BCUT2D eigenvalue weighted by molar-refractivity contribution is 5.96. The number of ketones is 1. The van der Waals surface area contributed by atoms with Crippen LogP contribution in [-0.4, -0.2) is 32.2 Å². The third-order valence-electron chi connectivity index (χ3n) is 2.68. The number of Topliss-reactive ketones (excluding diaryl/α,β-unsaturated/α-hetero) is 1. The van der Waals surface area contributed by atoms with Gasteiger partial charge in [-0.15, -0.1) is 0 Å². The van der Waals surface area contributed by atoms with E-state index in [9.17, 15) is 4.79 Å². The smallest absolute Gasteiger partial charge is 0.165 e. The van der Waals surface area contributed by atoms with Crippen molar-refractivity contribution in [1.82, 2.24) is 0 Å². The summed E-state index contributed by atoms with van der Waals surface area (Å²) < 4.78 is 10.4. The van der Waals surface area contributed by atoms with Gasteiger partial charge in [0.25, 0.3) is 0 Å². The van der Waals surface area contributed by atoms with E-state index in [4.69, 9.17) is 9.47 Å². The molecule has 2 atom stereocenters. The van der Waals surface area contributed by atoms with E-state index in [1.165, 1.54) is 0 Å². The van der Waals surface area contributed by atoms with Crippen molar-refractivity contribution in [1.29, 1.82) is 0 Å².